The number of hydrogen-bond donors (Lipinski definition) is 0. The van der Waals surface area contributed by atoms with Crippen molar-refractivity contribution in [3.63, 3.8) is 0 Å². The van der Waals surface area contributed by atoms with E-state index in [0.29, 0.717) is 11.0 Å². The molecule has 0 aromatic heterocycles. The third-order valence-electron chi connectivity index (χ3n) is 1.65. The van der Waals surface area contributed by atoms with Crippen LogP contribution < -0.4 is 12.4 Å². The monoisotopic (exact) mass is 241 g/mol. The van der Waals surface area contributed by atoms with E-state index in [4.69, 9.17) is 11.6 Å². The van der Waals surface area contributed by atoms with Crippen LogP contribution >= 0.6 is 11.6 Å². The molecule has 3 nitrogen and oxygen atoms in total. The van der Waals surface area contributed by atoms with Crippen LogP contribution in [0.1, 0.15) is 6.92 Å². The summed E-state index contributed by atoms with van der Waals surface area (Å²) < 4.78 is 5.14. The Kier molecular flexibility index (Phi) is 8.21. The van der Waals surface area contributed by atoms with Crippen molar-refractivity contribution < 1.29 is 26.4 Å². The summed E-state index contributed by atoms with van der Waals surface area (Å²) in [7, 11) is 5.30. The summed E-state index contributed by atoms with van der Waals surface area (Å²) in [5, 5.41) is 0.746. The molecule has 0 amide bonds. The smallest absolute Gasteiger partial charge is 0.361 e. The third kappa shape index (κ3) is 8.35. The molecule has 0 aliphatic carbocycles. The van der Waals surface area contributed by atoms with E-state index in [0.717, 1.165) is 11.6 Å². The van der Waals surface area contributed by atoms with Gasteiger partial charge in [0.05, 0.1) is 27.7 Å². The zero-order valence-corrected chi connectivity index (χ0v) is 10.5. The Morgan fingerprint density at radius 3 is 2.36 bits per heavy atom. The molecule has 0 aliphatic heterocycles. The largest absolute Gasteiger partial charge is 1.00 e. The molecular formula is C9H17Cl2NO2. The zero-order chi connectivity index (χ0) is 10.5. The fourth-order valence-corrected chi connectivity index (χ4v) is 0.921. The molecule has 0 rings (SSSR count). The van der Waals surface area contributed by atoms with Gasteiger partial charge in [0.1, 0.15) is 0 Å². The lowest BCUT2D eigenvalue weighted by atomic mass is 10.4. The van der Waals surface area contributed by atoms with Crippen molar-refractivity contribution >= 4 is 17.6 Å². The van der Waals surface area contributed by atoms with Gasteiger partial charge in [0, 0.05) is 5.03 Å². The summed E-state index contributed by atoms with van der Waals surface area (Å²) in [6.45, 7) is 2.90. The molecule has 0 unspecified atom stereocenters. The van der Waals surface area contributed by atoms with Crippen LogP contribution in [0.3, 0.4) is 0 Å². The quantitative estimate of drug-likeness (QED) is 0.437. The van der Waals surface area contributed by atoms with Crippen molar-refractivity contribution in [1.82, 2.24) is 0 Å². The predicted octanol–water partition coefficient (Wildman–Crippen LogP) is -1.62. The van der Waals surface area contributed by atoms with E-state index in [-0.39, 0.29) is 18.4 Å². The van der Waals surface area contributed by atoms with Crippen LogP contribution in [0.15, 0.2) is 11.1 Å². The van der Waals surface area contributed by atoms with Crippen LogP contribution in [-0.2, 0) is 9.53 Å². The minimum absolute atomic E-state index is 0. The van der Waals surface area contributed by atoms with E-state index in [1.807, 2.05) is 27.1 Å². The molecule has 0 aromatic rings. The van der Waals surface area contributed by atoms with Crippen molar-refractivity contribution in [2.45, 2.75) is 6.92 Å². The molecule has 0 radical (unpaired) electrons. The molecule has 0 aromatic carbocycles. The molecule has 0 atom stereocenters. The van der Waals surface area contributed by atoms with Crippen molar-refractivity contribution in [2.24, 2.45) is 0 Å². The molecule has 0 heterocycles. The van der Waals surface area contributed by atoms with Gasteiger partial charge in [-0.1, -0.05) is 11.6 Å². The molecule has 0 bridgehead atoms. The van der Waals surface area contributed by atoms with Gasteiger partial charge in [0.2, 0.25) is 0 Å². The zero-order valence-electron chi connectivity index (χ0n) is 9.01. The van der Waals surface area contributed by atoms with Gasteiger partial charge in [-0.2, -0.15) is 0 Å². The molecular weight excluding hydrogens is 225 g/mol. The highest BCUT2D eigenvalue weighted by atomic mass is 35.5. The third-order valence-corrected chi connectivity index (χ3v) is 1.81. The Balaban J connectivity index is 0. The molecule has 0 saturated carbocycles. The summed E-state index contributed by atoms with van der Waals surface area (Å²) in [5.41, 5.74) is 0. The maximum absolute atomic E-state index is 11.0. The van der Waals surface area contributed by atoms with Gasteiger partial charge in [0.15, 0.2) is 6.54 Å². The number of hydrogen-bond acceptors (Lipinski definition) is 2. The molecule has 5 heteroatoms. The second-order valence-corrected chi connectivity index (χ2v) is 4.24. The van der Waals surface area contributed by atoms with Gasteiger partial charge in [-0.25, -0.2) is 4.79 Å². The molecule has 0 saturated heterocycles. The minimum atomic E-state index is -0.203. The Morgan fingerprint density at radius 1 is 1.50 bits per heavy atom. The van der Waals surface area contributed by atoms with Gasteiger partial charge >= 0.3 is 5.97 Å². The lowest BCUT2D eigenvalue weighted by molar-refractivity contribution is -0.877. The van der Waals surface area contributed by atoms with Gasteiger partial charge in [-0.05, 0) is 13.0 Å². The van der Waals surface area contributed by atoms with Crippen LogP contribution in [0.4, 0.5) is 0 Å². The summed E-state index contributed by atoms with van der Waals surface area (Å²) in [4.78, 5) is 11.0. The topological polar surface area (TPSA) is 26.3 Å². The number of esters is 1. The lowest BCUT2D eigenvalue weighted by Gasteiger charge is -2.26. The maximum Gasteiger partial charge on any atom is 0.361 e. The number of halogens is 2. The van der Waals surface area contributed by atoms with Crippen molar-refractivity contribution in [1.29, 1.82) is 0 Å². The summed E-state index contributed by atoms with van der Waals surface area (Å²) in [6.07, 6.45) is 1.89. The SMILES string of the molecule is COC(=O)C[N+](C)(C)CC=C(C)Cl.[Cl-]. The Labute approximate surface area is 96.7 Å². The molecule has 0 spiro atoms. The Hall–Kier alpha value is -0.250. The fraction of sp³-hybridized carbons (Fsp3) is 0.667. The normalized spacial score (nSPS) is 11.9. The predicted molar refractivity (Wildman–Crippen MR) is 53.5 cm³/mol. The van der Waals surface area contributed by atoms with Gasteiger partial charge in [-0.15, -0.1) is 0 Å². The Bertz CT molecular complexity index is 211. The van der Waals surface area contributed by atoms with E-state index < -0.39 is 0 Å². The number of nitrogens with zero attached hydrogens (tertiary/aromatic N) is 1. The number of likely N-dealkylation sites (N-methyl/N-ethyl adjacent to an activating group) is 1. The van der Waals surface area contributed by atoms with Crippen LogP contribution in [0, 0.1) is 0 Å². The van der Waals surface area contributed by atoms with Crippen LogP contribution in [0.2, 0.25) is 0 Å². The maximum atomic E-state index is 11.0. The number of ether oxygens (including phenoxy) is 1. The van der Waals surface area contributed by atoms with E-state index in [2.05, 4.69) is 4.74 Å². The van der Waals surface area contributed by atoms with Crippen LogP contribution in [-0.4, -0.2) is 44.7 Å². The average Bonchev–Trinajstić information content (AvgIpc) is 2.00. The molecule has 0 aliphatic rings. The summed E-state index contributed by atoms with van der Waals surface area (Å²) >= 11 is 5.69. The van der Waals surface area contributed by atoms with Crippen LogP contribution in [0.5, 0.6) is 0 Å². The first-order valence-corrected chi connectivity index (χ1v) is 4.46. The fourth-order valence-electron chi connectivity index (χ4n) is 0.851. The second-order valence-electron chi connectivity index (χ2n) is 3.64. The number of rotatable bonds is 4. The first kappa shape index (κ1) is 16.2. The van der Waals surface area contributed by atoms with Crippen molar-refractivity contribution in [2.75, 3.05) is 34.3 Å². The number of carbonyl (C=O) groups is 1. The highest BCUT2D eigenvalue weighted by Crippen LogP contribution is 2.03. The average molecular weight is 242 g/mol. The van der Waals surface area contributed by atoms with Crippen LogP contribution in [0.25, 0.3) is 0 Å². The standard InChI is InChI=1S/C9H17ClNO2.ClH/c1-8(10)5-6-11(2,3)7-9(12)13-4;/h5H,6-7H2,1-4H3;1H/q+1;/p-1. The van der Waals surface area contributed by atoms with Gasteiger partial charge < -0.3 is 21.6 Å². The summed E-state index contributed by atoms with van der Waals surface area (Å²) in [5.74, 6) is -0.203. The van der Waals surface area contributed by atoms with Crippen molar-refractivity contribution in [3.05, 3.63) is 11.1 Å². The van der Waals surface area contributed by atoms with E-state index in [1.165, 1.54) is 7.11 Å². The first-order valence-electron chi connectivity index (χ1n) is 4.08. The molecule has 0 N–H and O–H groups in total. The molecule has 0 fully saturated rings. The number of methoxy groups -OCH3 is 1. The first-order chi connectivity index (χ1) is 5.87. The van der Waals surface area contributed by atoms with Gasteiger partial charge in [0.25, 0.3) is 0 Å². The number of quaternary nitrogens is 1. The van der Waals surface area contributed by atoms with E-state index >= 15 is 0 Å². The van der Waals surface area contributed by atoms with E-state index in [9.17, 15) is 4.79 Å². The number of carbonyl (C=O) groups excluding carboxylic acids is 1. The highest BCUT2D eigenvalue weighted by Gasteiger charge is 2.18. The molecule has 84 valence electrons. The molecule has 14 heavy (non-hydrogen) atoms. The lowest BCUT2D eigenvalue weighted by Crippen LogP contribution is -3.00. The Morgan fingerprint density at radius 2 is 2.00 bits per heavy atom. The summed E-state index contributed by atoms with van der Waals surface area (Å²) in [6, 6.07) is 0. The van der Waals surface area contributed by atoms with Crippen molar-refractivity contribution in [3.8, 4) is 0 Å². The van der Waals surface area contributed by atoms with Gasteiger partial charge in [-0.3, -0.25) is 0 Å². The number of allylic oxidation sites excluding steroid dienone is 1. The minimum Gasteiger partial charge on any atom is -1.00 e. The highest BCUT2D eigenvalue weighted by molar-refractivity contribution is 6.29. The second kappa shape index (κ2) is 7.10. The van der Waals surface area contributed by atoms with E-state index in [1.54, 1.807) is 0 Å².